The highest BCUT2D eigenvalue weighted by Crippen LogP contribution is 2.27. The molecule has 0 radical (unpaired) electrons. The van der Waals surface area contributed by atoms with Crippen LogP contribution in [0.4, 0.5) is 5.69 Å². The Bertz CT molecular complexity index is 921. The lowest BCUT2D eigenvalue weighted by Gasteiger charge is -2.11. The number of hydrogen-bond acceptors (Lipinski definition) is 4. The first-order valence-electron chi connectivity index (χ1n) is 8.05. The normalized spacial score (nSPS) is 19.1. The summed E-state index contributed by atoms with van der Waals surface area (Å²) in [5, 5.41) is 7.37. The number of hydrogen-bond donors (Lipinski definition) is 1. The van der Waals surface area contributed by atoms with E-state index in [1.807, 2.05) is 38.1 Å². The fourth-order valence-electron chi connectivity index (χ4n) is 3.21. The van der Waals surface area contributed by atoms with E-state index in [1.54, 1.807) is 4.68 Å². The largest absolute Gasteiger partial charge is 0.326 e. The van der Waals surface area contributed by atoms with Gasteiger partial charge in [-0.2, -0.15) is 5.10 Å². The van der Waals surface area contributed by atoms with Crippen molar-refractivity contribution in [3.05, 3.63) is 45.7 Å². The maximum Gasteiger partial charge on any atom is 0.228 e. The Balaban J connectivity index is 1.76. The van der Waals surface area contributed by atoms with Gasteiger partial charge in [0.2, 0.25) is 5.91 Å². The summed E-state index contributed by atoms with van der Waals surface area (Å²) >= 11 is 3.38. The van der Waals surface area contributed by atoms with E-state index in [0.717, 1.165) is 27.1 Å². The highest BCUT2D eigenvalue weighted by molar-refractivity contribution is 9.10. The molecular formula is C17H20BrN3O3S. The van der Waals surface area contributed by atoms with Gasteiger partial charge in [-0.3, -0.25) is 9.48 Å². The Hall–Kier alpha value is -1.67. The molecule has 25 heavy (non-hydrogen) atoms. The summed E-state index contributed by atoms with van der Waals surface area (Å²) in [5.41, 5.74) is 3.22. The molecule has 1 aliphatic heterocycles. The summed E-state index contributed by atoms with van der Waals surface area (Å²) in [6, 6.07) is 7.28. The molecule has 1 N–H and O–H groups in total. The third-order valence-electron chi connectivity index (χ3n) is 4.47. The zero-order valence-corrected chi connectivity index (χ0v) is 16.5. The molecule has 1 fully saturated rings. The molecular weight excluding hydrogens is 406 g/mol. The minimum absolute atomic E-state index is 0.122. The molecule has 1 aromatic carbocycles. The van der Waals surface area contributed by atoms with Crippen molar-refractivity contribution in [2.24, 2.45) is 0 Å². The smallest absolute Gasteiger partial charge is 0.228 e. The van der Waals surface area contributed by atoms with Gasteiger partial charge in [0.15, 0.2) is 9.84 Å². The summed E-state index contributed by atoms with van der Waals surface area (Å²) in [6.45, 7) is 3.75. The number of nitrogens with zero attached hydrogens (tertiary/aromatic N) is 2. The van der Waals surface area contributed by atoms with Gasteiger partial charge in [0.05, 0.1) is 29.7 Å². The number of benzene rings is 1. The second-order valence-corrected chi connectivity index (χ2v) is 9.53. The molecule has 1 aliphatic rings. The third kappa shape index (κ3) is 4.12. The van der Waals surface area contributed by atoms with Crippen LogP contribution in [0.15, 0.2) is 28.7 Å². The molecule has 1 amide bonds. The molecule has 0 saturated carbocycles. The summed E-state index contributed by atoms with van der Waals surface area (Å²) < 4.78 is 26.1. The predicted molar refractivity (Wildman–Crippen MR) is 100 cm³/mol. The Labute approximate surface area is 155 Å². The first-order chi connectivity index (χ1) is 11.7. The zero-order chi connectivity index (χ0) is 18.2. The van der Waals surface area contributed by atoms with Crippen molar-refractivity contribution >= 4 is 37.4 Å². The molecule has 1 unspecified atom stereocenters. The molecule has 1 saturated heterocycles. The third-order valence-corrected chi connectivity index (χ3v) is 6.72. The number of sulfone groups is 1. The molecule has 0 bridgehead atoms. The van der Waals surface area contributed by atoms with Crippen LogP contribution in [0.5, 0.6) is 0 Å². The van der Waals surface area contributed by atoms with E-state index in [1.165, 1.54) is 0 Å². The van der Waals surface area contributed by atoms with E-state index < -0.39 is 9.84 Å². The van der Waals surface area contributed by atoms with Gasteiger partial charge in [0.1, 0.15) is 0 Å². The minimum Gasteiger partial charge on any atom is -0.326 e. The predicted octanol–water partition coefficient (Wildman–Crippen LogP) is 2.80. The second kappa shape index (κ2) is 6.92. The van der Waals surface area contributed by atoms with E-state index in [-0.39, 0.29) is 29.9 Å². The van der Waals surface area contributed by atoms with Crippen molar-refractivity contribution in [3.8, 4) is 0 Å². The molecule has 2 aromatic rings. The summed E-state index contributed by atoms with van der Waals surface area (Å²) in [6.07, 6.45) is 0.789. The Morgan fingerprint density at radius 1 is 1.40 bits per heavy atom. The van der Waals surface area contributed by atoms with Crippen molar-refractivity contribution in [2.45, 2.75) is 32.7 Å². The number of carbonyl (C=O) groups is 1. The van der Waals surface area contributed by atoms with Crippen molar-refractivity contribution in [1.82, 2.24) is 9.78 Å². The van der Waals surface area contributed by atoms with Gasteiger partial charge < -0.3 is 5.32 Å². The van der Waals surface area contributed by atoms with E-state index in [9.17, 15) is 13.2 Å². The molecule has 2 heterocycles. The van der Waals surface area contributed by atoms with Crippen molar-refractivity contribution in [3.63, 3.8) is 0 Å². The maximum absolute atomic E-state index is 12.4. The Morgan fingerprint density at radius 2 is 2.16 bits per heavy atom. The van der Waals surface area contributed by atoms with E-state index in [4.69, 9.17) is 0 Å². The number of aromatic nitrogens is 2. The van der Waals surface area contributed by atoms with Gasteiger partial charge in [0, 0.05) is 21.4 Å². The average Bonchev–Trinajstić information content (AvgIpc) is 3.01. The fraction of sp³-hybridized carbons (Fsp3) is 0.412. The second-order valence-electron chi connectivity index (χ2n) is 6.39. The summed E-state index contributed by atoms with van der Waals surface area (Å²) in [4.78, 5) is 12.4. The monoisotopic (exact) mass is 425 g/mol. The van der Waals surface area contributed by atoms with Gasteiger partial charge in [-0.05, 0) is 38.5 Å². The quantitative estimate of drug-likeness (QED) is 0.816. The van der Waals surface area contributed by atoms with Crippen LogP contribution in [-0.2, 0) is 21.1 Å². The number of rotatable bonds is 4. The van der Waals surface area contributed by atoms with Gasteiger partial charge in [-0.1, -0.05) is 22.0 Å². The number of carbonyl (C=O) groups excluding carboxylic acids is 1. The maximum atomic E-state index is 12.4. The van der Waals surface area contributed by atoms with E-state index in [0.29, 0.717) is 6.42 Å². The summed E-state index contributed by atoms with van der Waals surface area (Å²) in [7, 11) is -2.98. The molecule has 0 spiro atoms. The first-order valence-corrected chi connectivity index (χ1v) is 10.7. The molecule has 1 atom stereocenters. The molecule has 134 valence electrons. The van der Waals surface area contributed by atoms with Gasteiger partial charge in [0.25, 0.3) is 0 Å². The van der Waals surface area contributed by atoms with Gasteiger partial charge in [-0.15, -0.1) is 0 Å². The molecule has 0 aliphatic carbocycles. The molecule has 6 nitrogen and oxygen atoms in total. The van der Waals surface area contributed by atoms with Gasteiger partial charge in [-0.25, -0.2) is 8.42 Å². The van der Waals surface area contributed by atoms with E-state index >= 15 is 0 Å². The SMILES string of the molecule is Cc1nn(C2CCS(=O)(=O)C2)c(C)c1CC(=O)Nc1cccc(Br)c1. The highest BCUT2D eigenvalue weighted by atomic mass is 79.9. The highest BCUT2D eigenvalue weighted by Gasteiger charge is 2.31. The number of aryl methyl sites for hydroxylation is 1. The van der Waals surface area contributed by atoms with Crippen LogP contribution < -0.4 is 5.32 Å². The number of amides is 1. The van der Waals surface area contributed by atoms with Gasteiger partial charge >= 0.3 is 0 Å². The lowest BCUT2D eigenvalue weighted by Crippen LogP contribution is -2.16. The van der Waals surface area contributed by atoms with Crippen molar-refractivity contribution < 1.29 is 13.2 Å². The number of nitrogens with one attached hydrogen (secondary N) is 1. The van der Waals surface area contributed by atoms with Crippen LogP contribution in [0.1, 0.15) is 29.4 Å². The lowest BCUT2D eigenvalue weighted by atomic mass is 10.1. The molecule has 8 heteroatoms. The molecule has 3 rings (SSSR count). The number of halogens is 1. The van der Waals surface area contributed by atoms with Crippen LogP contribution in [0.3, 0.4) is 0 Å². The van der Waals surface area contributed by atoms with Crippen LogP contribution in [0.2, 0.25) is 0 Å². The average molecular weight is 426 g/mol. The topological polar surface area (TPSA) is 81.1 Å². The van der Waals surface area contributed by atoms with Crippen LogP contribution >= 0.6 is 15.9 Å². The number of anilines is 1. The fourth-order valence-corrected chi connectivity index (χ4v) is 5.30. The lowest BCUT2D eigenvalue weighted by molar-refractivity contribution is -0.115. The standard InChI is InChI=1S/C17H20BrN3O3S/c1-11-16(9-17(22)19-14-5-3-4-13(18)8-14)12(2)21(20-11)15-6-7-25(23,24)10-15/h3-5,8,15H,6-7,9-10H2,1-2H3,(H,19,22). The minimum atomic E-state index is -2.98. The van der Waals surface area contributed by atoms with Crippen molar-refractivity contribution in [2.75, 3.05) is 16.8 Å². The Morgan fingerprint density at radius 3 is 2.80 bits per heavy atom. The van der Waals surface area contributed by atoms with Crippen LogP contribution in [0.25, 0.3) is 0 Å². The summed E-state index contributed by atoms with van der Waals surface area (Å²) in [5.74, 6) is 0.204. The van der Waals surface area contributed by atoms with Crippen LogP contribution in [-0.4, -0.2) is 35.6 Å². The van der Waals surface area contributed by atoms with E-state index in [2.05, 4.69) is 26.3 Å². The van der Waals surface area contributed by atoms with Crippen molar-refractivity contribution in [1.29, 1.82) is 0 Å². The zero-order valence-electron chi connectivity index (χ0n) is 14.1. The molecule has 1 aromatic heterocycles. The first kappa shape index (κ1) is 18.1. The van der Waals surface area contributed by atoms with Crippen LogP contribution in [0, 0.1) is 13.8 Å². The Kier molecular flexibility index (Phi) is 5.02.